The SMILES string of the molecule is O=C(CCC(F)(F)F)Nc1cccc(C(=O)N2CCCCC2C(=O)O)c1. The fourth-order valence-electron chi connectivity index (χ4n) is 2.81. The summed E-state index contributed by atoms with van der Waals surface area (Å²) in [4.78, 5) is 36.8. The molecule has 2 N–H and O–H groups in total. The van der Waals surface area contributed by atoms with Gasteiger partial charge in [0, 0.05) is 24.2 Å². The topological polar surface area (TPSA) is 86.7 Å². The molecule has 0 bridgehead atoms. The van der Waals surface area contributed by atoms with Crippen LogP contribution in [-0.4, -0.2) is 46.6 Å². The lowest BCUT2D eigenvalue weighted by Crippen LogP contribution is -2.48. The monoisotopic (exact) mass is 372 g/mol. The Morgan fingerprint density at radius 3 is 2.62 bits per heavy atom. The minimum absolute atomic E-state index is 0.173. The number of piperidine rings is 1. The van der Waals surface area contributed by atoms with Crippen LogP contribution in [0.15, 0.2) is 24.3 Å². The highest BCUT2D eigenvalue weighted by Gasteiger charge is 2.32. The van der Waals surface area contributed by atoms with Gasteiger partial charge in [-0.05, 0) is 37.5 Å². The van der Waals surface area contributed by atoms with Crippen molar-refractivity contribution in [2.24, 2.45) is 0 Å². The summed E-state index contributed by atoms with van der Waals surface area (Å²) in [6, 6.07) is 4.84. The second kappa shape index (κ2) is 8.20. The molecule has 1 aromatic rings. The van der Waals surface area contributed by atoms with E-state index in [1.54, 1.807) is 0 Å². The zero-order chi connectivity index (χ0) is 19.3. The average molecular weight is 372 g/mol. The van der Waals surface area contributed by atoms with E-state index in [0.29, 0.717) is 19.4 Å². The molecule has 1 aliphatic heterocycles. The number of nitrogens with zero attached hydrogens (tertiary/aromatic N) is 1. The Labute approximate surface area is 148 Å². The van der Waals surface area contributed by atoms with Gasteiger partial charge in [0.25, 0.3) is 5.91 Å². The first kappa shape index (κ1) is 19.7. The number of likely N-dealkylation sites (tertiary alicyclic amines) is 1. The summed E-state index contributed by atoms with van der Waals surface area (Å²) in [5, 5.41) is 11.6. The van der Waals surface area contributed by atoms with E-state index < -0.39 is 42.8 Å². The van der Waals surface area contributed by atoms with Crippen molar-refractivity contribution in [1.82, 2.24) is 4.90 Å². The first-order valence-electron chi connectivity index (χ1n) is 8.18. The van der Waals surface area contributed by atoms with Crippen molar-refractivity contribution >= 4 is 23.5 Å². The number of carbonyl (C=O) groups is 3. The largest absolute Gasteiger partial charge is 0.480 e. The highest BCUT2D eigenvalue weighted by Crippen LogP contribution is 2.23. The van der Waals surface area contributed by atoms with Gasteiger partial charge in [-0.15, -0.1) is 0 Å². The zero-order valence-electron chi connectivity index (χ0n) is 13.9. The second-order valence-corrected chi connectivity index (χ2v) is 6.09. The molecular formula is C17H19F3N2O4. The van der Waals surface area contributed by atoms with Crippen LogP contribution >= 0.6 is 0 Å². The molecule has 0 radical (unpaired) electrons. The minimum Gasteiger partial charge on any atom is -0.480 e. The number of nitrogens with one attached hydrogen (secondary N) is 1. The van der Waals surface area contributed by atoms with E-state index >= 15 is 0 Å². The number of hydrogen-bond donors (Lipinski definition) is 2. The summed E-state index contributed by atoms with van der Waals surface area (Å²) in [5.41, 5.74) is 0.360. The number of carboxylic acid groups (broad SMARTS) is 1. The van der Waals surface area contributed by atoms with Crippen molar-refractivity contribution in [3.8, 4) is 0 Å². The molecule has 1 fully saturated rings. The quantitative estimate of drug-likeness (QED) is 0.832. The van der Waals surface area contributed by atoms with Crippen LogP contribution in [0.1, 0.15) is 42.5 Å². The molecule has 1 aromatic carbocycles. The molecule has 1 unspecified atom stereocenters. The normalized spacial score (nSPS) is 17.7. The number of amides is 2. The second-order valence-electron chi connectivity index (χ2n) is 6.09. The van der Waals surface area contributed by atoms with Gasteiger partial charge in [0.15, 0.2) is 0 Å². The van der Waals surface area contributed by atoms with Crippen LogP contribution in [0, 0.1) is 0 Å². The maximum absolute atomic E-state index is 12.6. The maximum atomic E-state index is 12.6. The number of benzene rings is 1. The van der Waals surface area contributed by atoms with Crippen LogP contribution in [0.4, 0.5) is 18.9 Å². The Hall–Kier alpha value is -2.58. The van der Waals surface area contributed by atoms with Crippen molar-refractivity contribution < 1.29 is 32.7 Å². The fraction of sp³-hybridized carbons (Fsp3) is 0.471. The summed E-state index contributed by atoms with van der Waals surface area (Å²) >= 11 is 0. The van der Waals surface area contributed by atoms with Crippen molar-refractivity contribution in [2.45, 2.75) is 44.3 Å². The van der Waals surface area contributed by atoms with Crippen molar-refractivity contribution in [3.63, 3.8) is 0 Å². The zero-order valence-corrected chi connectivity index (χ0v) is 13.9. The van der Waals surface area contributed by atoms with Crippen molar-refractivity contribution in [1.29, 1.82) is 0 Å². The van der Waals surface area contributed by atoms with E-state index in [-0.39, 0.29) is 11.3 Å². The molecule has 9 heteroatoms. The summed E-state index contributed by atoms with van der Waals surface area (Å²) in [6.07, 6.45) is -4.58. The summed E-state index contributed by atoms with van der Waals surface area (Å²) in [6.45, 7) is 0.317. The first-order valence-corrected chi connectivity index (χ1v) is 8.18. The lowest BCUT2D eigenvalue weighted by atomic mass is 10.0. The Bertz CT molecular complexity index is 691. The average Bonchev–Trinajstić information content (AvgIpc) is 2.59. The molecule has 0 aromatic heterocycles. The van der Waals surface area contributed by atoms with E-state index in [0.717, 1.165) is 6.42 Å². The molecule has 26 heavy (non-hydrogen) atoms. The molecule has 1 saturated heterocycles. The number of carboxylic acids is 1. The number of hydrogen-bond acceptors (Lipinski definition) is 3. The molecule has 2 rings (SSSR count). The Morgan fingerprint density at radius 2 is 1.96 bits per heavy atom. The van der Waals surface area contributed by atoms with E-state index in [1.165, 1.54) is 29.2 Å². The minimum atomic E-state index is -4.42. The first-order chi connectivity index (χ1) is 12.2. The molecule has 1 atom stereocenters. The van der Waals surface area contributed by atoms with Crippen LogP contribution in [0.25, 0.3) is 0 Å². The number of aliphatic carboxylic acids is 1. The highest BCUT2D eigenvalue weighted by atomic mass is 19.4. The summed E-state index contributed by atoms with van der Waals surface area (Å²) < 4.78 is 36.5. The lowest BCUT2D eigenvalue weighted by molar-refractivity contribution is -0.143. The van der Waals surface area contributed by atoms with Gasteiger partial charge in [-0.1, -0.05) is 6.07 Å². The van der Waals surface area contributed by atoms with Gasteiger partial charge in [-0.2, -0.15) is 13.2 Å². The Morgan fingerprint density at radius 1 is 1.23 bits per heavy atom. The number of anilines is 1. The van der Waals surface area contributed by atoms with Gasteiger partial charge >= 0.3 is 12.1 Å². The molecule has 1 heterocycles. The van der Waals surface area contributed by atoms with Crippen LogP contribution in [0.5, 0.6) is 0 Å². The molecule has 2 amide bonds. The van der Waals surface area contributed by atoms with Crippen LogP contribution in [0.2, 0.25) is 0 Å². The Balaban J connectivity index is 2.06. The predicted molar refractivity (Wildman–Crippen MR) is 86.7 cm³/mol. The highest BCUT2D eigenvalue weighted by molar-refractivity contribution is 5.99. The van der Waals surface area contributed by atoms with Gasteiger partial charge in [-0.3, -0.25) is 9.59 Å². The van der Waals surface area contributed by atoms with Gasteiger partial charge in [0.05, 0.1) is 6.42 Å². The smallest absolute Gasteiger partial charge is 0.389 e. The Kier molecular flexibility index (Phi) is 6.23. The molecule has 0 aliphatic carbocycles. The standard InChI is InChI=1S/C17H19F3N2O4/c18-17(19,20)8-7-14(23)21-12-5-3-4-11(10-12)15(24)22-9-2-1-6-13(22)16(25)26/h3-5,10,13H,1-2,6-9H2,(H,21,23)(H,25,26). The number of halogens is 3. The number of alkyl halides is 3. The number of carbonyl (C=O) groups excluding carboxylic acids is 2. The van der Waals surface area contributed by atoms with Crippen molar-refractivity contribution in [2.75, 3.05) is 11.9 Å². The van der Waals surface area contributed by atoms with Crippen LogP contribution < -0.4 is 5.32 Å². The number of rotatable bonds is 5. The third-order valence-electron chi connectivity index (χ3n) is 4.08. The van der Waals surface area contributed by atoms with E-state index in [2.05, 4.69) is 5.32 Å². The van der Waals surface area contributed by atoms with Crippen LogP contribution in [-0.2, 0) is 9.59 Å². The lowest BCUT2D eigenvalue weighted by Gasteiger charge is -2.33. The van der Waals surface area contributed by atoms with Gasteiger partial charge in [0.1, 0.15) is 6.04 Å². The van der Waals surface area contributed by atoms with E-state index in [9.17, 15) is 32.7 Å². The molecule has 142 valence electrons. The molecule has 1 aliphatic rings. The fourth-order valence-corrected chi connectivity index (χ4v) is 2.81. The summed E-state index contributed by atoms with van der Waals surface area (Å²) in [7, 11) is 0. The molecule has 6 nitrogen and oxygen atoms in total. The van der Waals surface area contributed by atoms with Gasteiger partial charge in [0.2, 0.25) is 5.91 Å². The molecule has 0 spiro atoms. The summed E-state index contributed by atoms with van der Waals surface area (Å²) in [5.74, 6) is -2.37. The maximum Gasteiger partial charge on any atom is 0.389 e. The van der Waals surface area contributed by atoms with E-state index in [1.807, 2.05) is 0 Å². The van der Waals surface area contributed by atoms with Crippen LogP contribution in [0.3, 0.4) is 0 Å². The predicted octanol–water partition coefficient (Wildman–Crippen LogP) is 3.05. The molecule has 0 saturated carbocycles. The van der Waals surface area contributed by atoms with Gasteiger partial charge < -0.3 is 15.3 Å². The van der Waals surface area contributed by atoms with Crippen molar-refractivity contribution in [3.05, 3.63) is 29.8 Å². The third-order valence-corrected chi connectivity index (χ3v) is 4.08. The molecular weight excluding hydrogens is 353 g/mol. The van der Waals surface area contributed by atoms with E-state index in [4.69, 9.17) is 0 Å². The van der Waals surface area contributed by atoms with Gasteiger partial charge in [-0.25, -0.2) is 4.79 Å². The third kappa shape index (κ3) is 5.47.